The summed E-state index contributed by atoms with van der Waals surface area (Å²) in [6.45, 7) is 1.29. The summed E-state index contributed by atoms with van der Waals surface area (Å²) in [6.07, 6.45) is -3.61. The minimum Gasteiger partial charge on any atom is -0.478 e. The smallest absolute Gasteiger partial charge is 0.434 e. The number of rotatable bonds is 3. The third-order valence-corrected chi connectivity index (χ3v) is 3.99. The zero-order valence-electron chi connectivity index (χ0n) is 12.7. The lowest BCUT2D eigenvalue weighted by Crippen LogP contribution is -2.12. The van der Waals surface area contributed by atoms with E-state index in [4.69, 9.17) is 28.3 Å². The van der Waals surface area contributed by atoms with Gasteiger partial charge in [0.15, 0.2) is 5.69 Å². The number of carbonyl (C=O) groups is 1. The van der Waals surface area contributed by atoms with Gasteiger partial charge in [0.05, 0.1) is 10.0 Å². The molecule has 25 heavy (non-hydrogen) atoms. The summed E-state index contributed by atoms with van der Waals surface area (Å²) in [5.41, 5.74) is -1.97. The van der Waals surface area contributed by atoms with Crippen molar-refractivity contribution >= 4 is 35.2 Å². The first-order chi connectivity index (χ1) is 11.4. The van der Waals surface area contributed by atoms with E-state index in [9.17, 15) is 22.4 Å². The van der Waals surface area contributed by atoms with E-state index in [0.717, 1.165) is 25.3 Å². The van der Waals surface area contributed by atoms with Gasteiger partial charge < -0.3 is 5.11 Å². The number of hydrogen-bond donors (Lipinski definition) is 1. The first kappa shape index (κ1) is 19.3. The topological polar surface area (TPSA) is 55.1 Å². The number of aryl methyl sites for hydroxylation is 1. The summed E-state index contributed by atoms with van der Waals surface area (Å²) < 4.78 is 53.7. The van der Waals surface area contributed by atoms with E-state index in [1.165, 1.54) is 6.92 Å². The van der Waals surface area contributed by atoms with Gasteiger partial charge in [-0.3, -0.25) is 4.68 Å². The number of halogens is 6. The van der Waals surface area contributed by atoms with Crippen molar-refractivity contribution in [1.29, 1.82) is 0 Å². The molecule has 0 unspecified atom stereocenters. The van der Waals surface area contributed by atoms with Crippen LogP contribution < -0.4 is 0 Å². The minimum atomic E-state index is -4.78. The van der Waals surface area contributed by atoms with E-state index in [-0.39, 0.29) is 21.7 Å². The highest BCUT2D eigenvalue weighted by Crippen LogP contribution is 2.41. The third kappa shape index (κ3) is 3.80. The molecule has 0 amide bonds. The van der Waals surface area contributed by atoms with E-state index in [0.29, 0.717) is 4.68 Å². The molecule has 2 aromatic rings. The number of nitrogens with zero attached hydrogens (tertiary/aromatic N) is 2. The number of alkyl halides is 3. The van der Waals surface area contributed by atoms with Gasteiger partial charge in [0.1, 0.15) is 11.5 Å². The number of carboxylic acids is 1. The molecule has 0 spiro atoms. The van der Waals surface area contributed by atoms with E-state index >= 15 is 0 Å². The molecule has 0 aliphatic heterocycles. The van der Waals surface area contributed by atoms with Crippen LogP contribution in [0.2, 0.25) is 10.0 Å². The van der Waals surface area contributed by atoms with Crippen LogP contribution in [0.3, 0.4) is 0 Å². The normalized spacial score (nSPS) is 12.6. The highest BCUT2D eigenvalue weighted by atomic mass is 35.5. The molecule has 1 heterocycles. The Morgan fingerprint density at radius 1 is 1.32 bits per heavy atom. The molecule has 10 heteroatoms. The van der Waals surface area contributed by atoms with Gasteiger partial charge in [-0.25, -0.2) is 9.18 Å². The quantitative estimate of drug-likeness (QED) is 0.583. The molecule has 0 saturated carbocycles. The van der Waals surface area contributed by atoms with Gasteiger partial charge in [-0.1, -0.05) is 23.2 Å². The molecule has 0 bridgehead atoms. The van der Waals surface area contributed by atoms with Crippen molar-refractivity contribution in [1.82, 2.24) is 9.78 Å². The van der Waals surface area contributed by atoms with Crippen molar-refractivity contribution < 1.29 is 27.5 Å². The highest BCUT2D eigenvalue weighted by molar-refractivity contribution is 6.34. The van der Waals surface area contributed by atoms with E-state index in [1.807, 2.05) is 0 Å². The Balaban J connectivity index is 2.69. The number of benzene rings is 1. The van der Waals surface area contributed by atoms with Crippen LogP contribution in [0, 0.1) is 5.82 Å². The van der Waals surface area contributed by atoms with Gasteiger partial charge in [0.2, 0.25) is 0 Å². The molecule has 4 nitrogen and oxygen atoms in total. The second-order valence-electron chi connectivity index (χ2n) is 5.12. The van der Waals surface area contributed by atoms with Crippen LogP contribution >= 0.6 is 23.2 Å². The summed E-state index contributed by atoms with van der Waals surface area (Å²) in [4.78, 5) is 10.9. The average Bonchev–Trinajstić information content (AvgIpc) is 2.76. The lowest BCUT2D eigenvalue weighted by Gasteiger charge is -2.07. The van der Waals surface area contributed by atoms with E-state index in [1.54, 1.807) is 0 Å². The largest absolute Gasteiger partial charge is 0.478 e. The molecule has 0 saturated heterocycles. The average molecular weight is 397 g/mol. The summed E-state index contributed by atoms with van der Waals surface area (Å²) in [7, 11) is 1.03. The maximum Gasteiger partial charge on any atom is 0.434 e. The summed E-state index contributed by atoms with van der Waals surface area (Å²) in [6, 6.07) is 1.95. The van der Waals surface area contributed by atoms with Crippen molar-refractivity contribution in [3.63, 3.8) is 0 Å². The third-order valence-electron chi connectivity index (χ3n) is 3.31. The highest BCUT2D eigenvalue weighted by Gasteiger charge is 2.39. The fraction of sp³-hybridized carbons (Fsp3) is 0.200. The van der Waals surface area contributed by atoms with Crippen molar-refractivity contribution in [3.05, 3.63) is 44.8 Å². The Morgan fingerprint density at radius 2 is 1.92 bits per heavy atom. The molecule has 0 radical (unpaired) electrons. The fourth-order valence-corrected chi connectivity index (χ4v) is 2.70. The molecule has 0 fully saturated rings. The van der Waals surface area contributed by atoms with Crippen LogP contribution in [0.15, 0.2) is 17.7 Å². The number of aliphatic carboxylic acids is 1. The molecule has 1 aromatic carbocycles. The van der Waals surface area contributed by atoms with Crippen LogP contribution in [-0.2, 0) is 18.0 Å². The van der Waals surface area contributed by atoms with Crippen molar-refractivity contribution in [2.24, 2.45) is 7.05 Å². The van der Waals surface area contributed by atoms with Gasteiger partial charge in [0.25, 0.3) is 0 Å². The van der Waals surface area contributed by atoms with E-state index in [2.05, 4.69) is 5.10 Å². The standard InChI is InChI=1S/C15H10Cl2F4N2O2/c1-6(14(24)25)3-7-4-8(10(18)5-9(7)16)12-11(17)13(15(19,20)21)23(2)22-12/h3-5H,1-2H3,(H,24,25)/b6-3+. The Bertz CT molecular complexity index is 889. The Labute approximate surface area is 149 Å². The molecule has 134 valence electrons. The molecular weight excluding hydrogens is 387 g/mol. The molecule has 2 rings (SSSR count). The predicted octanol–water partition coefficient (Wildman–Crippen LogP) is 5.04. The molecule has 0 atom stereocenters. The summed E-state index contributed by atoms with van der Waals surface area (Å²) in [5.74, 6) is -2.17. The molecule has 0 aliphatic carbocycles. The van der Waals surface area contributed by atoms with Crippen LogP contribution in [0.25, 0.3) is 17.3 Å². The van der Waals surface area contributed by atoms with Crippen LogP contribution in [0.5, 0.6) is 0 Å². The van der Waals surface area contributed by atoms with Gasteiger partial charge in [-0.05, 0) is 30.7 Å². The Morgan fingerprint density at radius 3 is 2.40 bits per heavy atom. The zero-order valence-corrected chi connectivity index (χ0v) is 14.3. The number of carboxylic acid groups (broad SMARTS) is 1. The second kappa shape index (κ2) is 6.68. The van der Waals surface area contributed by atoms with Crippen LogP contribution in [0.1, 0.15) is 18.2 Å². The van der Waals surface area contributed by atoms with Gasteiger partial charge >= 0.3 is 12.1 Å². The van der Waals surface area contributed by atoms with E-state index < -0.39 is 34.4 Å². The van der Waals surface area contributed by atoms with Gasteiger partial charge in [-0.2, -0.15) is 18.3 Å². The maximum atomic E-state index is 14.2. The number of aromatic nitrogens is 2. The van der Waals surface area contributed by atoms with Crippen LogP contribution in [0.4, 0.5) is 17.6 Å². The minimum absolute atomic E-state index is 0.0949. The molecule has 1 aromatic heterocycles. The predicted molar refractivity (Wildman–Crippen MR) is 84.9 cm³/mol. The molecular formula is C15H10Cl2F4N2O2. The second-order valence-corrected chi connectivity index (χ2v) is 5.90. The van der Waals surface area contributed by atoms with Gasteiger partial charge in [-0.15, -0.1) is 0 Å². The molecule has 0 aliphatic rings. The fourth-order valence-electron chi connectivity index (χ4n) is 2.13. The summed E-state index contributed by atoms with van der Waals surface area (Å²) in [5, 5.41) is 11.7. The van der Waals surface area contributed by atoms with Crippen molar-refractivity contribution in [2.45, 2.75) is 13.1 Å². The first-order valence-corrected chi connectivity index (χ1v) is 7.39. The first-order valence-electron chi connectivity index (χ1n) is 6.64. The van der Waals surface area contributed by atoms with Crippen LogP contribution in [-0.4, -0.2) is 20.9 Å². The lowest BCUT2D eigenvalue weighted by molar-refractivity contribution is -0.143. The Kier molecular flexibility index (Phi) is 5.15. The lowest BCUT2D eigenvalue weighted by atomic mass is 10.0. The van der Waals surface area contributed by atoms with Crippen molar-refractivity contribution in [3.8, 4) is 11.3 Å². The number of hydrogen-bond acceptors (Lipinski definition) is 2. The monoisotopic (exact) mass is 396 g/mol. The van der Waals surface area contributed by atoms with Gasteiger partial charge in [0, 0.05) is 18.2 Å². The maximum absolute atomic E-state index is 14.2. The van der Waals surface area contributed by atoms with Crippen molar-refractivity contribution in [2.75, 3.05) is 0 Å². The SMILES string of the molecule is C/C(=C\c1cc(-c2nn(C)c(C(F)(F)F)c2Cl)c(F)cc1Cl)C(=O)O. The molecule has 1 N–H and O–H groups in total. The zero-order chi connectivity index (χ0) is 19.1. The Hall–Kier alpha value is -2.06. The summed E-state index contributed by atoms with van der Waals surface area (Å²) >= 11 is 11.6.